The van der Waals surface area contributed by atoms with Gasteiger partial charge in [-0.15, -0.1) is 0 Å². The number of aromatic nitrogens is 3. The molecule has 0 saturated carbocycles. The number of β-amino-alcohol motifs (C(OH)–C–C–N with tert-alkyl or cyclic N) is 3. The van der Waals surface area contributed by atoms with Crippen molar-refractivity contribution in [3.05, 3.63) is 158 Å². The van der Waals surface area contributed by atoms with E-state index in [1.54, 1.807) is 29.2 Å². The lowest BCUT2D eigenvalue weighted by molar-refractivity contribution is -0.140. The Morgan fingerprint density at radius 3 is 1.05 bits per heavy atom. The number of aliphatic hydroxyl groups is 3. The van der Waals surface area contributed by atoms with E-state index >= 15 is 0 Å². The number of rotatable bonds is 21. The summed E-state index contributed by atoms with van der Waals surface area (Å²) in [4.78, 5) is 85.1. The van der Waals surface area contributed by atoms with E-state index in [9.17, 15) is 44.1 Å². The van der Waals surface area contributed by atoms with E-state index in [0.29, 0.717) is 39.9 Å². The van der Waals surface area contributed by atoms with E-state index in [4.69, 9.17) is 35.7 Å². The fraction of sp³-hybridized carbons (Fsp3) is 0.557. The monoisotopic (exact) mass is 1390 g/mol. The van der Waals surface area contributed by atoms with Crippen LogP contribution in [0.4, 0.5) is 0 Å². The third kappa shape index (κ3) is 20.1. The number of halogens is 1. The lowest BCUT2D eigenvalue weighted by atomic mass is 9.87. The molecule has 3 amide bonds. The van der Waals surface area contributed by atoms with Gasteiger partial charge in [0.2, 0.25) is 17.7 Å². The Hall–Kier alpha value is -8.14. The molecular formula is C79H103ClN8O12. The highest BCUT2D eigenvalue weighted by Crippen LogP contribution is 2.39. The van der Waals surface area contributed by atoms with Crippen LogP contribution in [0.3, 0.4) is 0 Å². The number of amides is 3. The van der Waals surface area contributed by atoms with Crippen LogP contribution in [-0.4, -0.2) is 137 Å². The summed E-state index contributed by atoms with van der Waals surface area (Å²) in [6, 6.07) is 29.5. The molecule has 0 radical (unpaired) electrons. The largest absolute Gasteiger partial charge is 0.391 e. The molecule has 3 fully saturated rings. The summed E-state index contributed by atoms with van der Waals surface area (Å²) in [6.07, 6.45) is -0.151. The number of carbonyl (C=O) groups excluding carboxylic acids is 6. The summed E-state index contributed by atoms with van der Waals surface area (Å²) in [5, 5.41) is 62.1. The molecule has 0 spiro atoms. The fourth-order valence-corrected chi connectivity index (χ4v) is 13.3. The number of aryl methyl sites for hydroxylation is 1. The normalized spacial score (nSPS) is 20.2. The Labute approximate surface area is 594 Å². The maximum atomic E-state index is 13.7. The minimum atomic E-state index is -0.740. The Kier molecular flexibility index (Phi) is 26.6. The predicted octanol–water partition coefficient (Wildman–Crippen LogP) is 13.1. The molecule has 6 aromatic rings. The van der Waals surface area contributed by atoms with E-state index in [2.05, 4.69) is 27.6 Å². The Morgan fingerprint density at radius 1 is 0.480 bits per heavy atom. The van der Waals surface area contributed by atoms with Crippen LogP contribution in [0.1, 0.15) is 248 Å². The summed E-state index contributed by atoms with van der Waals surface area (Å²) < 4.78 is 16.8. The van der Waals surface area contributed by atoms with E-state index in [0.717, 1.165) is 33.8 Å². The molecule has 3 aromatic heterocycles. The second-order valence-corrected chi connectivity index (χ2v) is 32.1. The van der Waals surface area contributed by atoms with Gasteiger partial charge in [0.15, 0.2) is 17.3 Å². The van der Waals surface area contributed by atoms with Gasteiger partial charge in [-0.25, -0.2) is 0 Å². The number of ketones is 3. The first-order valence-corrected chi connectivity index (χ1v) is 35.4. The topological polar surface area (TPSA) is 298 Å². The van der Waals surface area contributed by atoms with Gasteiger partial charge in [-0.1, -0.05) is 181 Å². The van der Waals surface area contributed by atoms with Crippen LogP contribution < -0.4 is 0 Å². The van der Waals surface area contributed by atoms with Gasteiger partial charge < -0.3 is 43.6 Å². The lowest BCUT2D eigenvalue weighted by Gasteiger charge is -2.29. The SMILES string of the molecule is CC(C)C(C(=O)N1CC(O)CC1C(=O)CCc1ccc(C#N)cc1)c1cc(C(C)(C)C)no1.CC(CC(=O)C1CC(O)CN1C(=O)C(c1cc(C(C)(C)C)no1)C(C)C)c1ccc(C#N)cc1.CC(CC(=O)C1CC(O)CN1C(=O)C(c1cc(C(C)(C)C)no1)C(C)C)c1ccc(Cl)cc1. The van der Waals surface area contributed by atoms with Gasteiger partial charge in [0.1, 0.15) is 35.0 Å². The molecule has 21 heteroatoms. The predicted molar refractivity (Wildman–Crippen MR) is 380 cm³/mol. The highest BCUT2D eigenvalue weighted by Gasteiger charge is 2.47. The van der Waals surface area contributed by atoms with Crippen LogP contribution in [0, 0.1) is 40.4 Å². The van der Waals surface area contributed by atoms with Crippen molar-refractivity contribution in [2.24, 2.45) is 17.8 Å². The van der Waals surface area contributed by atoms with Gasteiger partial charge in [0.25, 0.3) is 0 Å². The second kappa shape index (κ2) is 33.6. The van der Waals surface area contributed by atoms with Gasteiger partial charge in [-0.3, -0.25) is 28.8 Å². The molecule has 3 aromatic carbocycles. The van der Waals surface area contributed by atoms with Gasteiger partial charge in [0.05, 0.1) is 76.8 Å². The number of hydrogen-bond acceptors (Lipinski definition) is 17. The summed E-state index contributed by atoms with van der Waals surface area (Å²) in [5.41, 5.74) is 5.77. The third-order valence-electron chi connectivity index (χ3n) is 19.2. The number of benzene rings is 3. The summed E-state index contributed by atoms with van der Waals surface area (Å²) in [7, 11) is 0. The molecule has 0 bridgehead atoms. The number of nitriles is 2. The minimum Gasteiger partial charge on any atom is -0.391 e. The number of aliphatic hydroxyl groups excluding tert-OH is 3. The standard InChI is InChI=1S/C27H35N3O4.C26H35ClN2O4.C26H33N3O4/c1-16(2)25(23-13-24(29-34-23)27(4,5)6)26(33)30-15-20(31)12-21(30)22(32)11-17(3)19-9-7-18(14-28)8-10-19;1-15(2)24(22-13-23(28-33-22)26(4,5)6)25(32)29-14-19(30)12-20(29)21(31)11-16(3)17-7-9-18(27)10-8-17;1-16(2)24(22-13-23(28-33-22)26(3,4)5)25(32)29-15-19(30)12-20(29)21(31)11-10-17-6-8-18(14-27)9-7-17/h7-10,13,16-17,20-21,25,31H,11-12,15H2,1-6H3;7-10,13,15-16,19-20,24,30H,11-12,14H2,1-6H3;6-9,13,16,19-20,24,30H,10-12,15H2,1-5H3. The molecule has 20 nitrogen and oxygen atoms in total. The highest BCUT2D eigenvalue weighted by molar-refractivity contribution is 6.30. The maximum absolute atomic E-state index is 13.7. The second-order valence-electron chi connectivity index (χ2n) is 31.6. The van der Waals surface area contributed by atoms with E-state index in [-0.39, 0.29) is 139 Å². The smallest absolute Gasteiger partial charge is 0.234 e. The van der Waals surface area contributed by atoms with E-state index < -0.39 is 54.2 Å². The molecule has 11 atom stereocenters. The average Bonchev–Trinajstić information content (AvgIpc) is 1.64. The van der Waals surface area contributed by atoms with Gasteiger partial charge in [0, 0.05) is 97.6 Å². The molecular weight excluding hydrogens is 1290 g/mol. The zero-order valence-corrected chi connectivity index (χ0v) is 62.0. The van der Waals surface area contributed by atoms with Crippen LogP contribution in [0.2, 0.25) is 5.02 Å². The number of hydrogen-bond donors (Lipinski definition) is 3. The van der Waals surface area contributed by atoms with Gasteiger partial charge in [-0.2, -0.15) is 10.5 Å². The van der Waals surface area contributed by atoms with Crippen LogP contribution >= 0.6 is 11.6 Å². The van der Waals surface area contributed by atoms with Crippen LogP contribution in [-0.2, 0) is 51.4 Å². The van der Waals surface area contributed by atoms with Crippen molar-refractivity contribution in [3.63, 3.8) is 0 Å². The Bertz CT molecular complexity index is 3860. The Morgan fingerprint density at radius 2 is 0.770 bits per heavy atom. The number of nitrogens with zero attached hydrogens (tertiary/aromatic N) is 8. The first-order valence-electron chi connectivity index (χ1n) is 35.0. The number of likely N-dealkylation sites (tertiary alicyclic amines) is 3. The molecule has 3 aliphatic heterocycles. The third-order valence-corrected chi connectivity index (χ3v) is 19.5. The van der Waals surface area contributed by atoms with Crippen molar-refractivity contribution >= 4 is 46.7 Å². The van der Waals surface area contributed by atoms with Crippen LogP contribution in [0.25, 0.3) is 0 Å². The molecule has 3 saturated heterocycles. The van der Waals surface area contributed by atoms with Crippen LogP contribution in [0.5, 0.6) is 0 Å². The van der Waals surface area contributed by atoms with Crippen molar-refractivity contribution in [3.8, 4) is 12.1 Å². The van der Waals surface area contributed by atoms with Crippen LogP contribution in [0.15, 0.2) is 105 Å². The number of carbonyl (C=O) groups is 6. The minimum absolute atomic E-state index is 0.0195. The molecule has 11 unspecified atom stereocenters. The summed E-state index contributed by atoms with van der Waals surface area (Å²) >= 11 is 5.98. The average molecular weight is 1390 g/mol. The quantitative estimate of drug-likeness (QED) is 0.0603. The van der Waals surface area contributed by atoms with Crippen molar-refractivity contribution in [1.29, 1.82) is 10.5 Å². The van der Waals surface area contributed by atoms with E-state index in [1.807, 2.05) is 184 Å². The molecule has 6 heterocycles. The zero-order valence-electron chi connectivity index (χ0n) is 61.3. The molecule has 9 rings (SSSR count). The molecule has 538 valence electrons. The maximum Gasteiger partial charge on any atom is 0.234 e. The summed E-state index contributed by atoms with van der Waals surface area (Å²) in [6.45, 7) is 34.3. The van der Waals surface area contributed by atoms with Crippen molar-refractivity contribution < 1.29 is 57.7 Å². The molecule has 3 N–H and O–H groups in total. The molecule has 0 aliphatic carbocycles. The Balaban J connectivity index is 0.000000211. The van der Waals surface area contributed by atoms with Gasteiger partial charge in [-0.05, 0) is 89.1 Å². The lowest BCUT2D eigenvalue weighted by Crippen LogP contribution is -2.44. The van der Waals surface area contributed by atoms with Crippen molar-refractivity contribution in [2.45, 2.75) is 245 Å². The summed E-state index contributed by atoms with van der Waals surface area (Å²) in [5.74, 6) is -1.34. The first kappa shape index (κ1) is 79.2. The zero-order chi connectivity index (χ0) is 74.0. The fourth-order valence-electron chi connectivity index (χ4n) is 13.2. The van der Waals surface area contributed by atoms with Crippen molar-refractivity contribution in [2.75, 3.05) is 19.6 Å². The highest BCUT2D eigenvalue weighted by atomic mass is 35.5. The van der Waals surface area contributed by atoms with Gasteiger partial charge >= 0.3 is 0 Å². The van der Waals surface area contributed by atoms with E-state index in [1.165, 1.54) is 9.80 Å². The molecule has 100 heavy (non-hydrogen) atoms. The van der Waals surface area contributed by atoms with Crippen molar-refractivity contribution in [1.82, 2.24) is 30.2 Å². The first-order chi connectivity index (χ1) is 46.8. The molecule has 3 aliphatic rings. The number of Topliss-reactive ketones (excluding diaryl/α,β-unsaturated/α-hetero) is 3.